The molecule has 4 rings (SSSR count). The van der Waals surface area contributed by atoms with Crippen LogP contribution in [-0.4, -0.2) is 27.6 Å². The number of thiazole rings is 1. The maximum atomic E-state index is 11.6. The number of amides is 1. The number of carbonyl (C=O) groups excluding carboxylic acids is 1. The molecule has 4 heterocycles. The second-order valence-corrected chi connectivity index (χ2v) is 7.56. The molecular weight excluding hydrogens is 344 g/mol. The van der Waals surface area contributed by atoms with Crippen molar-refractivity contribution >= 4 is 33.7 Å². The summed E-state index contributed by atoms with van der Waals surface area (Å²) in [7, 11) is 0. The number of nitrogens with zero attached hydrogens (tertiary/aromatic N) is 3. The van der Waals surface area contributed by atoms with Crippen molar-refractivity contribution in [1.29, 1.82) is 0 Å². The number of thiophene rings is 1. The van der Waals surface area contributed by atoms with Crippen molar-refractivity contribution in [2.45, 2.75) is 13.0 Å². The zero-order valence-corrected chi connectivity index (χ0v) is 14.2. The predicted octanol–water partition coefficient (Wildman–Crippen LogP) is 2.95. The number of hydroxylamine groups is 1. The van der Waals surface area contributed by atoms with E-state index in [2.05, 4.69) is 14.9 Å². The summed E-state index contributed by atoms with van der Waals surface area (Å²) in [4.78, 5) is 25.2. The summed E-state index contributed by atoms with van der Waals surface area (Å²) in [6, 6.07) is 5.82. The molecule has 1 amide bonds. The first kappa shape index (κ1) is 15.3. The Bertz CT molecular complexity index is 875. The highest BCUT2D eigenvalue weighted by Crippen LogP contribution is 2.35. The van der Waals surface area contributed by atoms with E-state index in [-0.39, 0.29) is 0 Å². The average Bonchev–Trinajstić information content (AvgIpc) is 3.28. The van der Waals surface area contributed by atoms with Crippen LogP contribution in [0.3, 0.4) is 0 Å². The van der Waals surface area contributed by atoms with Crippen LogP contribution in [0.1, 0.15) is 20.1 Å². The first-order valence-corrected chi connectivity index (χ1v) is 9.05. The maximum Gasteiger partial charge on any atom is 0.284 e. The molecule has 0 fully saturated rings. The Morgan fingerprint density at radius 3 is 2.92 bits per heavy atom. The van der Waals surface area contributed by atoms with Gasteiger partial charge in [0, 0.05) is 30.0 Å². The van der Waals surface area contributed by atoms with Crippen molar-refractivity contribution in [3.63, 3.8) is 0 Å². The Balaban J connectivity index is 1.56. The Labute approximate surface area is 146 Å². The van der Waals surface area contributed by atoms with Crippen LogP contribution in [0.25, 0.3) is 10.4 Å². The number of anilines is 1. The highest BCUT2D eigenvalue weighted by atomic mass is 32.1. The predicted molar refractivity (Wildman–Crippen MR) is 93.7 cm³/mol. The van der Waals surface area contributed by atoms with Crippen molar-refractivity contribution in [2.24, 2.45) is 0 Å². The molecule has 0 saturated carbocycles. The lowest BCUT2D eigenvalue weighted by molar-refractivity contribution is 0.0711. The summed E-state index contributed by atoms with van der Waals surface area (Å²) in [5.41, 5.74) is 3.99. The fraction of sp³-hybridized carbons (Fsp3) is 0.188. The highest BCUT2D eigenvalue weighted by molar-refractivity contribution is 7.19. The van der Waals surface area contributed by atoms with Gasteiger partial charge < -0.3 is 4.90 Å². The summed E-state index contributed by atoms with van der Waals surface area (Å²) in [6.45, 7) is 1.61. The van der Waals surface area contributed by atoms with Crippen molar-refractivity contribution in [1.82, 2.24) is 15.4 Å². The standard InChI is InChI=1S/C16H14N4O2S2/c21-15(19-22)12-7-11-3-6-20(9-14(11)23-12)16-18-8-13(24-16)10-1-4-17-5-2-10/h1-2,4-5,7-8,22H,3,6,9H2,(H,19,21). The lowest BCUT2D eigenvalue weighted by Gasteiger charge is -2.26. The minimum Gasteiger partial charge on any atom is -0.343 e. The highest BCUT2D eigenvalue weighted by Gasteiger charge is 2.23. The molecule has 0 atom stereocenters. The van der Waals surface area contributed by atoms with Gasteiger partial charge in [0.05, 0.1) is 16.3 Å². The van der Waals surface area contributed by atoms with Crippen LogP contribution in [0.15, 0.2) is 36.8 Å². The molecule has 3 aromatic heterocycles. The lowest BCUT2D eigenvalue weighted by atomic mass is 10.1. The molecule has 1 aliphatic rings. The maximum absolute atomic E-state index is 11.6. The van der Waals surface area contributed by atoms with Gasteiger partial charge in [0.25, 0.3) is 5.91 Å². The summed E-state index contributed by atoms with van der Waals surface area (Å²) < 4.78 is 0. The lowest BCUT2D eigenvalue weighted by Crippen LogP contribution is -2.29. The minimum absolute atomic E-state index is 0.449. The minimum atomic E-state index is -0.449. The molecule has 24 heavy (non-hydrogen) atoms. The third kappa shape index (κ3) is 2.79. The Morgan fingerprint density at radius 2 is 2.12 bits per heavy atom. The van der Waals surface area contributed by atoms with E-state index >= 15 is 0 Å². The van der Waals surface area contributed by atoms with E-state index in [1.165, 1.54) is 16.9 Å². The molecule has 0 bridgehead atoms. The molecule has 3 aromatic rings. The first-order chi connectivity index (χ1) is 11.7. The van der Waals surface area contributed by atoms with Crippen molar-refractivity contribution in [3.05, 3.63) is 52.1 Å². The molecule has 2 N–H and O–H groups in total. The monoisotopic (exact) mass is 358 g/mol. The fourth-order valence-corrected chi connectivity index (χ4v) is 4.77. The SMILES string of the molecule is O=C(NO)c1cc2c(s1)CN(c1ncc(-c3ccncc3)s1)CC2. The summed E-state index contributed by atoms with van der Waals surface area (Å²) >= 11 is 3.08. The second kappa shape index (κ2) is 6.31. The number of hydrogen-bond acceptors (Lipinski definition) is 7. The normalized spacial score (nSPS) is 13.6. The van der Waals surface area contributed by atoms with Crippen LogP contribution in [0.5, 0.6) is 0 Å². The Hall–Kier alpha value is -2.29. The molecule has 8 heteroatoms. The van der Waals surface area contributed by atoms with Gasteiger partial charge in [-0.2, -0.15) is 0 Å². The van der Waals surface area contributed by atoms with Gasteiger partial charge in [-0.15, -0.1) is 11.3 Å². The van der Waals surface area contributed by atoms with Crippen LogP contribution in [0.4, 0.5) is 5.13 Å². The molecular formula is C16H14N4O2S2. The number of aromatic nitrogens is 2. The largest absolute Gasteiger partial charge is 0.343 e. The molecule has 0 unspecified atom stereocenters. The van der Waals surface area contributed by atoms with E-state index in [0.717, 1.165) is 40.0 Å². The zero-order valence-electron chi connectivity index (χ0n) is 12.6. The van der Waals surface area contributed by atoms with Crippen molar-refractivity contribution in [2.75, 3.05) is 11.4 Å². The third-order valence-electron chi connectivity index (χ3n) is 3.94. The third-order valence-corrected chi connectivity index (χ3v) is 6.20. The van der Waals surface area contributed by atoms with Crippen LogP contribution in [-0.2, 0) is 13.0 Å². The quantitative estimate of drug-likeness (QED) is 0.556. The van der Waals surface area contributed by atoms with Crippen LogP contribution in [0, 0.1) is 0 Å². The molecule has 0 radical (unpaired) electrons. The van der Waals surface area contributed by atoms with Gasteiger partial charge >= 0.3 is 0 Å². The molecule has 0 aliphatic carbocycles. The Kier molecular flexibility index (Phi) is 4.01. The van der Waals surface area contributed by atoms with Gasteiger partial charge in [0.2, 0.25) is 0 Å². The van der Waals surface area contributed by atoms with Crippen LogP contribution in [0.2, 0.25) is 0 Å². The summed E-state index contributed by atoms with van der Waals surface area (Å²) in [5, 5.41) is 9.75. The van der Waals surface area contributed by atoms with E-state index in [9.17, 15) is 4.79 Å². The number of nitrogens with one attached hydrogen (secondary N) is 1. The van der Waals surface area contributed by atoms with Gasteiger partial charge in [-0.3, -0.25) is 15.0 Å². The van der Waals surface area contributed by atoms with Crippen molar-refractivity contribution < 1.29 is 10.0 Å². The van der Waals surface area contributed by atoms with Gasteiger partial charge in [-0.1, -0.05) is 11.3 Å². The summed E-state index contributed by atoms with van der Waals surface area (Å²) in [5.74, 6) is -0.449. The molecule has 0 aromatic carbocycles. The zero-order chi connectivity index (χ0) is 16.5. The molecule has 0 saturated heterocycles. The summed E-state index contributed by atoms with van der Waals surface area (Å²) in [6.07, 6.45) is 6.32. The Morgan fingerprint density at radius 1 is 1.29 bits per heavy atom. The van der Waals surface area contributed by atoms with Gasteiger partial charge in [0.1, 0.15) is 0 Å². The van der Waals surface area contributed by atoms with E-state index in [1.807, 2.05) is 24.4 Å². The molecule has 0 spiro atoms. The average molecular weight is 358 g/mol. The molecule has 1 aliphatic heterocycles. The topological polar surface area (TPSA) is 78.4 Å². The smallest absolute Gasteiger partial charge is 0.284 e. The number of pyridine rings is 1. The van der Waals surface area contributed by atoms with Gasteiger partial charge in [0.15, 0.2) is 5.13 Å². The molecule has 6 nitrogen and oxygen atoms in total. The van der Waals surface area contributed by atoms with Crippen LogP contribution >= 0.6 is 22.7 Å². The van der Waals surface area contributed by atoms with Crippen molar-refractivity contribution in [3.8, 4) is 10.4 Å². The second-order valence-electron chi connectivity index (χ2n) is 5.41. The number of carbonyl (C=O) groups is 1. The molecule has 122 valence electrons. The number of hydrogen-bond donors (Lipinski definition) is 2. The number of fused-ring (bicyclic) bond motifs is 1. The van der Waals surface area contributed by atoms with E-state index in [4.69, 9.17) is 5.21 Å². The van der Waals surface area contributed by atoms with E-state index in [1.54, 1.807) is 29.2 Å². The van der Waals surface area contributed by atoms with E-state index in [0.29, 0.717) is 4.88 Å². The fourth-order valence-electron chi connectivity index (χ4n) is 2.71. The number of rotatable bonds is 3. The van der Waals surface area contributed by atoms with Gasteiger partial charge in [-0.05, 0) is 35.7 Å². The first-order valence-electron chi connectivity index (χ1n) is 7.42. The van der Waals surface area contributed by atoms with Gasteiger partial charge in [-0.25, -0.2) is 10.5 Å². The van der Waals surface area contributed by atoms with E-state index < -0.39 is 5.91 Å². The van der Waals surface area contributed by atoms with Crippen LogP contribution < -0.4 is 10.4 Å².